The zero-order valence-electron chi connectivity index (χ0n) is 14.1. The molecule has 0 aliphatic heterocycles. The van der Waals surface area contributed by atoms with Crippen LogP contribution in [-0.2, 0) is 0 Å². The summed E-state index contributed by atoms with van der Waals surface area (Å²) >= 11 is 9.70. The van der Waals surface area contributed by atoms with Crippen molar-refractivity contribution in [3.8, 4) is 11.5 Å². The Kier molecular flexibility index (Phi) is 7.13. The van der Waals surface area contributed by atoms with Gasteiger partial charge in [-0.3, -0.25) is 4.99 Å². The third-order valence-electron chi connectivity index (χ3n) is 3.37. The molecule has 0 aliphatic rings. The first-order chi connectivity index (χ1) is 11.6. The Labute approximate surface area is 156 Å². The minimum atomic E-state index is 0.572. The maximum absolute atomic E-state index is 6.14. The summed E-state index contributed by atoms with van der Waals surface area (Å²) in [6.45, 7) is 7.20. The number of hydrogen-bond acceptors (Lipinski definition) is 3. The highest BCUT2D eigenvalue weighted by Crippen LogP contribution is 2.37. The minimum Gasteiger partial charge on any atom is -0.490 e. The van der Waals surface area contributed by atoms with Crippen LogP contribution in [0.15, 0.2) is 39.8 Å². The molecule has 0 aliphatic carbocycles. The van der Waals surface area contributed by atoms with E-state index in [1.165, 1.54) is 0 Å². The largest absolute Gasteiger partial charge is 0.490 e. The first kappa shape index (κ1) is 18.8. The van der Waals surface area contributed by atoms with Crippen molar-refractivity contribution in [3.05, 3.63) is 51.0 Å². The molecule has 2 aromatic rings. The van der Waals surface area contributed by atoms with E-state index in [1.807, 2.05) is 44.2 Å². The van der Waals surface area contributed by atoms with Gasteiger partial charge in [0.2, 0.25) is 0 Å². The smallest absolute Gasteiger partial charge is 0.175 e. The third-order valence-corrected chi connectivity index (χ3v) is 4.37. The van der Waals surface area contributed by atoms with Crippen LogP contribution in [0.3, 0.4) is 0 Å². The Balaban J connectivity index is 2.33. The number of nitrogens with zero attached hydrogens (tertiary/aromatic N) is 1. The Bertz CT molecular complexity index is 732. The van der Waals surface area contributed by atoms with Crippen LogP contribution in [0, 0.1) is 6.92 Å². The number of hydrogen-bond donors (Lipinski definition) is 0. The van der Waals surface area contributed by atoms with E-state index >= 15 is 0 Å². The van der Waals surface area contributed by atoms with Crippen molar-refractivity contribution < 1.29 is 9.47 Å². The Morgan fingerprint density at radius 1 is 1.21 bits per heavy atom. The number of aliphatic imine (C=N–C) groups is 1. The highest BCUT2D eigenvalue weighted by Gasteiger charge is 2.11. The maximum atomic E-state index is 6.14. The second-order valence-electron chi connectivity index (χ2n) is 5.25. The van der Waals surface area contributed by atoms with Crippen LogP contribution in [0.1, 0.15) is 31.4 Å². The normalized spacial score (nSPS) is 11.0. The molecule has 128 valence electrons. The summed E-state index contributed by atoms with van der Waals surface area (Å²) in [6, 6.07) is 9.60. The molecule has 24 heavy (non-hydrogen) atoms. The first-order valence-corrected chi connectivity index (χ1v) is 9.12. The van der Waals surface area contributed by atoms with Crippen LogP contribution in [0.25, 0.3) is 0 Å². The summed E-state index contributed by atoms with van der Waals surface area (Å²) in [7, 11) is 0. The van der Waals surface area contributed by atoms with Gasteiger partial charge < -0.3 is 9.47 Å². The molecule has 3 nitrogen and oxygen atoms in total. The summed E-state index contributed by atoms with van der Waals surface area (Å²) in [6.07, 6.45) is 2.74. The van der Waals surface area contributed by atoms with Gasteiger partial charge in [-0.15, -0.1) is 0 Å². The summed E-state index contributed by atoms with van der Waals surface area (Å²) in [4.78, 5) is 4.54. The van der Waals surface area contributed by atoms with E-state index in [4.69, 9.17) is 21.1 Å². The molecule has 5 heteroatoms. The van der Waals surface area contributed by atoms with Crippen LogP contribution in [-0.4, -0.2) is 19.4 Å². The lowest BCUT2D eigenvalue weighted by Gasteiger charge is -2.14. The SMILES string of the molecule is CCCOc1c(Br)cc(C=Nc2cccc(Cl)c2C)cc1OCC. The zero-order chi connectivity index (χ0) is 17.5. The first-order valence-electron chi connectivity index (χ1n) is 7.95. The fraction of sp³-hybridized carbons (Fsp3) is 0.316. The molecule has 0 amide bonds. The van der Waals surface area contributed by atoms with E-state index in [1.54, 1.807) is 6.21 Å². The molecule has 0 saturated heterocycles. The van der Waals surface area contributed by atoms with E-state index in [9.17, 15) is 0 Å². The fourth-order valence-corrected chi connectivity index (χ4v) is 2.89. The summed E-state index contributed by atoms with van der Waals surface area (Å²) in [5.74, 6) is 1.44. The van der Waals surface area contributed by atoms with Crippen LogP contribution >= 0.6 is 27.5 Å². The van der Waals surface area contributed by atoms with Gasteiger partial charge in [0.25, 0.3) is 0 Å². The summed E-state index contributed by atoms with van der Waals surface area (Å²) < 4.78 is 12.4. The van der Waals surface area contributed by atoms with E-state index in [0.29, 0.717) is 24.0 Å². The zero-order valence-corrected chi connectivity index (χ0v) is 16.4. The highest BCUT2D eigenvalue weighted by atomic mass is 79.9. The Morgan fingerprint density at radius 2 is 2.00 bits per heavy atom. The molecular formula is C19H21BrClNO2. The molecule has 0 radical (unpaired) electrons. The molecule has 0 heterocycles. The van der Waals surface area contributed by atoms with Crippen LogP contribution in [0.5, 0.6) is 11.5 Å². The Hall–Kier alpha value is -1.52. The average Bonchev–Trinajstić information content (AvgIpc) is 2.56. The number of ether oxygens (including phenoxy) is 2. The molecule has 0 aromatic heterocycles. The van der Waals surface area contributed by atoms with E-state index in [-0.39, 0.29) is 0 Å². The predicted molar refractivity (Wildman–Crippen MR) is 105 cm³/mol. The van der Waals surface area contributed by atoms with Gasteiger partial charge in [-0.25, -0.2) is 0 Å². The van der Waals surface area contributed by atoms with Crippen molar-refractivity contribution >= 4 is 39.4 Å². The van der Waals surface area contributed by atoms with Crippen molar-refractivity contribution in [2.75, 3.05) is 13.2 Å². The van der Waals surface area contributed by atoms with Crippen molar-refractivity contribution in [3.63, 3.8) is 0 Å². The molecule has 2 aromatic carbocycles. The van der Waals surface area contributed by atoms with E-state index in [2.05, 4.69) is 27.8 Å². The highest BCUT2D eigenvalue weighted by molar-refractivity contribution is 9.10. The van der Waals surface area contributed by atoms with E-state index in [0.717, 1.165) is 33.5 Å². The lowest BCUT2D eigenvalue weighted by atomic mass is 10.2. The quantitative estimate of drug-likeness (QED) is 0.498. The molecule has 0 atom stereocenters. The fourth-order valence-electron chi connectivity index (χ4n) is 2.15. The van der Waals surface area contributed by atoms with Crippen LogP contribution < -0.4 is 9.47 Å². The van der Waals surface area contributed by atoms with E-state index < -0.39 is 0 Å². The minimum absolute atomic E-state index is 0.572. The van der Waals surface area contributed by atoms with Crippen molar-refractivity contribution in [2.45, 2.75) is 27.2 Å². The predicted octanol–water partition coefficient (Wildman–Crippen LogP) is 6.35. The second kappa shape index (κ2) is 9.09. The van der Waals surface area contributed by atoms with Gasteiger partial charge >= 0.3 is 0 Å². The lowest BCUT2D eigenvalue weighted by molar-refractivity contribution is 0.275. The number of halogens is 2. The molecule has 0 bridgehead atoms. The molecular weight excluding hydrogens is 390 g/mol. The van der Waals surface area contributed by atoms with Gasteiger partial charge in [-0.2, -0.15) is 0 Å². The summed E-state index contributed by atoms with van der Waals surface area (Å²) in [5, 5.41) is 0.712. The molecule has 2 rings (SSSR count). The van der Waals surface area contributed by atoms with Gasteiger partial charge in [-0.05, 0) is 71.6 Å². The van der Waals surface area contributed by atoms with Crippen molar-refractivity contribution in [2.24, 2.45) is 4.99 Å². The standard InChI is InChI=1S/C19H21BrClNO2/c1-4-9-24-19-15(20)10-14(11-18(19)23-5-2)12-22-17-8-6-7-16(21)13(17)3/h6-8,10-12H,4-5,9H2,1-3H3. The van der Waals surface area contributed by atoms with Gasteiger partial charge in [-0.1, -0.05) is 24.6 Å². The van der Waals surface area contributed by atoms with Gasteiger partial charge in [0.15, 0.2) is 11.5 Å². The Morgan fingerprint density at radius 3 is 2.71 bits per heavy atom. The molecule has 0 saturated carbocycles. The third kappa shape index (κ3) is 4.74. The molecule has 0 N–H and O–H groups in total. The van der Waals surface area contributed by atoms with Crippen LogP contribution in [0.4, 0.5) is 5.69 Å². The lowest BCUT2D eigenvalue weighted by Crippen LogP contribution is -2.01. The van der Waals surface area contributed by atoms with Gasteiger partial charge in [0.05, 0.1) is 23.4 Å². The number of rotatable bonds is 7. The summed E-state index contributed by atoms with van der Waals surface area (Å²) in [5.41, 5.74) is 2.74. The topological polar surface area (TPSA) is 30.8 Å². The average molecular weight is 411 g/mol. The molecule has 0 unspecified atom stereocenters. The van der Waals surface area contributed by atoms with Crippen molar-refractivity contribution in [1.82, 2.24) is 0 Å². The van der Waals surface area contributed by atoms with Crippen molar-refractivity contribution in [1.29, 1.82) is 0 Å². The number of benzene rings is 2. The monoisotopic (exact) mass is 409 g/mol. The molecule has 0 spiro atoms. The van der Waals surface area contributed by atoms with Gasteiger partial charge in [0.1, 0.15) is 0 Å². The molecule has 0 fully saturated rings. The van der Waals surface area contributed by atoms with Crippen LogP contribution in [0.2, 0.25) is 5.02 Å². The van der Waals surface area contributed by atoms with Gasteiger partial charge in [0, 0.05) is 11.2 Å². The second-order valence-corrected chi connectivity index (χ2v) is 6.52. The maximum Gasteiger partial charge on any atom is 0.175 e.